The van der Waals surface area contributed by atoms with Crippen molar-refractivity contribution in [1.29, 1.82) is 0 Å². The highest BCUT2D eigenvalue weighted by Crippen LogP contribution is 2.24. The van der Waals surface area contributed by atoms with Crippen molar-refractivity contribution in [3.8, 4) is 0 Å². The molecule has 0 rings (SSSR count). The minimum Gasteiger partial charge on any atom is -0.384 e. The summed E-state index contributed by atoms with van der Waals surface area (Å²) >= 11 is 0. The lowest BCUT2D eigenvalue weighted by Gasteiger charge is -2.13. The predicted octanol–water partition coefficient (Wildman–Crippen LogP) is 7.19. The minimum atomic E-state index is -4.46. The number of alkyl halides is 3. The molecule has 0 aliphatic carbocycles. The largest absolute Gasteiger partial charge is 0.414 e. The highest BCUT2D eigenvalue weighted by molar-refractivity contribution is 4.64. The number of aliphatic hydroxyl groups excluding tert-OH is 1. The number of hydrogen-bond acceptors (Lipinski definition) is 2. The summed E-state index contributed by atoms with van der Waals surface area (Å²) in [5.41, 5.74) is 0. The molecule has 0 amide bonds. The lowest BCUT2D eigenvalue weighted by atomic mass is 10.1. The summed E-state index contributed by atoms with van der Waals surface area (Å²) in [6, 6.07) is 0. The summed E-state index contributed by atoms with van der Waals surface area (Å²) in [4.78, 5) is 0. The maximum absolute atomic E-state index is 12.1. The van der Waals surface area contributed by atoms with Crippen molar-refractivity contribution in [1.82, 2.24) is 0 Å². The molecular weight excluding hydrogens is 341 g/mol. The van der Waals surface area contributed by atoms with Crippen LogP contribution in [0.1, 0.15) is 110 Å². The van der Waals surface area contributed by atoms with E-state index in [2.05, 4.69) is 6.92 Å². The molecular formula is C21H41F3O2. The zero-order valence-electron chi connectivity index (χ0n) is 16.8. The van der Waals surface area contributed by atoms with Gasteiger partial charge >= 0.3 is 6.18 Å². The summed E-state index contributed by atoms with van der Waals surface area (Å²) in [6.07, 6.45) is 10.3. The normalized spacial score (nSPS) is 13.3. The molecule has 2 nitrogen and oxygen atoms in total. The van der Waals surface area contributed by atoms with E-state index in [4.69, 9.17) is 9.84 Å². The van der Waals surface area contributed by atoms with Crippen molar-refractivity contribution in [2.24, 2.45) is 0 Å². The van der Waals surface area contributed by atoms with Gasteiger partial charge in [0.1, 0.15) is 6.10 Å². The van der Waals surface area contributed by atoms with Crippen LogP contribution in [0, 0.1) is 0 Å². The first-order valence-electron chi connectivity index (χ1n) is 10.8. The highest BCUT2D eigenvalue weighted by atomic mass is 19.4. The molecule has 26 heavy (non-hydrogen) atoms. The smallest absolute Gasteiger partial charge is 0.384 e. The Labute approximate surface area is 158 Å². The molecule has 0 spiro atoms. The highest BCUT2D eigenvalue weighted by Gasteiger charge is 2.37. The molecule has 0 aromatic carbocycles. The van der Waals surface area contributed by atoms with Gasteiger partial charge in [-0.3, -0.25) is 0 Å². The zero-order valence-corrected chi connectivity index (χ0v) is 16.8. The van der Waals surface area contributed by atoms with Crippen LogP contribution in [-0.4, -0.2) is 30.6 Å². The van der Waals surface area contributed by atoms with Crippen molar-refractivity contribution in [3.63, 3.8) is 0 Å². The Morgan fingerprint density at radius 1 is 0.654 bits per heavy atom. The molecule has 0 aliphatic heterocycles. The van der Waals surface area contributed by atoms with Crippen LogP contribution in [0.4, 0.5) is 13.2 Å². The summed E-state index contributed by atoms with van der Waals surface area (Å²) in [5.74, 6) is 0. The van der Waals surface area contributed by atoms with Gasteiger partial charge < -0.3 is 9.84 Å². The fourth-order valence-corrected chi connectivity index (χ4v) is 3.03. The Balaban J connectivity index is 3.09. The Kier molecular flexibility index (Phi) is 17.9. The Morgan fingerprint density at radius 2 is 1.04 bits per heavy atom. The van der Waals surface area contributed by atoms with Crippen LogP contribution in [0.25, 0.3) is 0 Å². The number of unbranched alkanes of at least 4 members (excludes halogenated alkanes) is 13. The number of hydrogen-bond donors (Lipinski definition) is 1. The van der Waals surface area contributed by atoms with E-state index >= 15 is 0 Å². The van der Waals surface area contributed by atoms with E-state index in [0.29, 0.717) is 6.42 Å². The van der Waals surface area contributed by atoms with Crippen molar-refractivity contribution in [2.45, 2.75) is 122 Å². The van der Waals surface area contributed by atoms with Crippen LogP contribution >= 0.6 is 0 Å². The van der Waals surface area contributed by atoms with Gasteiger partial charge in [-0.2, -0.15) is 13.2 Å². The van der Waals surface area contributed by atoms with Crippen molar-refractivity contribution < 1.29 is 23.0 Å². The first kappa shape index (κ1) is 25.7. The van der Waals surface area contributed by atoms with Crippen LogP contribution in [0.2, 0.25) is 0 Å². The van der Waals surface area contributed by atoms with Gasteiger partial charge in [-0.1, -0.05) is 90.4 Å². The van der Waals surface area contributed by atoms with Crippen LogP contribution in [0.15, 0.2) is 0 Å². The molecule has 0 bridgehead atoms. The quantitative estimate of drug-likeness (QED) is 0.240. The molecule has 1 N–H and O–H groups in total. The van der Waals surface area contributed by atoms with Crippen LogP contribution in [0.5, 0.6) is 0 Å². The lowest BCUT2D eigenvalue weighted by Crippen LogP contribution is -2.28. The van der Waals surface area contributed by atoms with E-state index < -0.39 is 12.3 Å². The molecule has 5 heteroatoms. The summed E-state index contributed by atoms with van der Waals surface area (Å²) in [6.45, 7) is 3.94. The molecule has 0 aromatic heterocycles. The molecule has 0 aromatic rings. The SMILES string of the molecule is CCCCCCCCCCOCCCCCCCCCC(O)C(F)(F)F. The van der Waals surface area contributed by atoms with E-state index in [1.54, 1.807) is 0 Å². The zero-order chi connectivity index (χ0) is 19.5. The molecule has 1 unspecified atom stereocenters. The Hall–Kier alpha value is -0.290. The van der Waals surface area contributed by atoms with E-state index in [-0.39, 0.29) is 6.42 Å². The topological polar surface area (TPSA) is 29.5 Å². The summed E-state index contributed by atoms with van der Waals surface area (Å²) < 4.78 is 42.0. The first-order valence-corrected chi connectivity index (χ1v) is 10.8. The average molecular weight is 383 g/mol. The summed E-state index contributed by atoms with van der Waals surface area (Å²) in [7, 11) is 0. The van der Waals surface area contributed by atoms with Gasteiger partial charge in [0, 0.05) is 13.2 Å². The van der Waals surface area contributed by atoms with Gasteiger partial charge in [-0.25, -0.2) is 0 Å². The maximum atomic E-state index is 12.1. The number of aliphatic hydroxyl groups is 1. The molecule has 0 aliphatic rings. The van der Waals surface area contributed by atoms with E-state index in [1.165, 1.54) is 44.9 Å². The Bertz CT molecular complexity index is 283. The first-order chi connectivity index (χ1) is 12.5. The lowest BCUT2D eigenvalue weighted by molar-refractivity contribution is -0.205. The van der Waals surface area contributed by atoms with E-state index in [0.717, 1.165) is 58.2 Å². The third-order valence-corrected chi connectivity index (χ3v) is 4.79. The van der Waals surface area contributed by atoms with E-state index in [1.807, 2.05) is 0 Å². The molecule has 0 radical (unpaired) electrons. The minimum absolute atomic E-state index is 0.171. The molecule has 0 fully saturated rings. The van der Waals surface area contributed by atoms with Crippen LogP contribution in [-0.2, 0) is 4.74 Å². The molecule has 0 heterocycles. The van der Waals surface area contributed by atoms with Gasteiger partial charge in [0.15, 0.2) is 0 Å². The third-order valence-electron chi connectivity index (χ3n) is 4.79. The average Bonchev–Trinajstić information content (AvgIpc) is 2.59. The van der Waals surface area contributed by atoms with E-state index in [9.17, 15) is 13.2 Å². The second-order valence-electron chi connectivity index (χ2n) is 7.41. The monoisotopic (exact) mass is 382 g/mol. The van der Waals surface area contributed by atoms with Gasteiger partial charge in [0.25, 0.3) is 0 Å². The van der Waals surface area contributed by atoms with Crippen molar-refractivity contribution >= 4 is 0 Å². The summed E-state index contributed by atoms with van der Waals surface area (Å²) in [5, 5.41) is 8.88. The van der Waals surface area contributed by atoms with Crippen molar-refractivity contribution in [3.05, 3.63) is 0 Å². The Morgan fingerprint density at radius 3 is 1.46 bits per heavy atom. The second kappa shape index (κ2) is 18.1. The van der Waals surface area contributed by atoms with Crippen molar-refractivity contribution in [2.75, 3.05) is 13.2 Å². The predicted molar refractivity (Wildman–Crippen MR) is 102 cm³/mol. The molecule has 158 valence electrons. The maximum Gasteiger partial charge on any atom is 0.414 e. The molecule has 1 atom stereocenters. The van der Waals surface area contributed by atoms with Crippen LogP contribution in [0.3, 0.4) is 0 Å². The van der Waals surface area contributed by atoms with Gasteiger partial charge in [-0.15, -0.1) is 0 Å². The number of halogens is 3. The standard InChI is InChI=1S/C21H41F3O2/c1-2-3-4-5-6-9-12-15-18-26-19-16-13-10-7-8-11-14-17-20(25)21(22,23)24/h20,25H,2-19H2,1H3. The van der Waals surface area contributed by atoms with Crippen LogP contribution < -0.4 is 0 Å². The number of rotatable bonds is 19. The fourth-order valence-electron chi connectivity index (χ4n) is 3.03. The third kappa shape index (κ3) is 18.5. The number of ether oxygens (including phenoxy) is 1. The second-order valence-corrected chi connectivity index (χ2v) is 7.41. The van der Waals surface area contributed by atoms with Gasteiger partial charge in [0.2, 0.25) is 0 Å². The van der Waals surface area contributed by atoms with Gasteiger partial charge in [0.05, 0.1) is 0 Å². The van der Waals surface area contributed by atoms with Gasteiger partial charge in [-0.05, 0) is 19.3 Å². The fraction of sp³-hybridized carbons (Fsp3) is 1.00. The molecule has 0 saturated carbocycles. The molecule has 0 saturated heterocycles.